The van der Waals surface area contributed by atoms with E-state index in [1.54, 1.807) is 0 Å². The number of hydrogen-bond acceptors (Lipinski definition) is 11. The summed E-state index contributed by atoms with van der Waals surface area (Å²) in [5, 5.41) is 10.5. The van der Waals surface area contributed by atoms with E-state index in [9.17, 15) is 38.2 Å². The molecule has 1 aliphatic heterocycles. The van der Waals surface area contributed by atoms with Crippen LogP contribution in [0.15, 0.2) is 40.1 Å². The SMILES string of the molecule is CC(C)(C)c1ccccc1COc1cn([C@@]2(C)C[C@H](O)[C@@H](COP(=O)(O)OP(=O)(O)OP(=O)(O)O)O2)c(=O)[nH]c1=O. The molecule has 1 aromatic carbocycles. The van der Waals surface area contributed by atoms with Gasteiger partial charge in [-0.05, 0) is 23.5 Å². The van der Waals surface area contributed by atoms with Crippen molar-refractivity contribution in [2.24, 2.45) is 0 Å². The van der Waals surface area contributed by atoms with E-state index < -0.39 is 59.3 Å². The van der Waals surface area contributed by atoms with Gasteiger partial charge in [-0.3, -0.25) is 18.9 Å². The summed E-state index contributed by atoms with van der Waals surface area (Å²) >= 11 is 0. The maximum Gasteiger partial charge on any atom is 0.490 e. The van der Waals surface area contributed by atoms with Gasteiger partial charge in [-0.2, -0.15) is 8.62 Å². The first kappa shape index (κ1) is 33.5. The third-order valence-corrected chi connectivity index (χ3v) is 9.67. The summed E-state index contributed by atoms with van der Waals surface area (Å²) in [6.45, 7) is 6.48. The lowest BCUT2D eigenvalue weighted by molar-refractivity contribution is -0.107. The first-order chi connectivity index (χ1) is 18.6. The molecule has 3 rings (SSSR count). The first-order valence-corrected chi connectivity index (χ1v) is 16.3. The Bertz CT molecular complexity index is 1530. The van der Waals surface area contributed by atoms with Crippen LogP contribution in [0.1, 0.15) is 45.2 Å². The van der Waals surface area contributed by atoms with Crippen LogP contribution in [-0.4, -0.2) is 53.0 Å². The molecule has 6 N–H and O–H groups in total. The van der Waals surface area contributed by atoms with E-state index in [4.69, 9.17) is 19.3 Å². The number of aromatic nitrogens is 2. The van der Waals surface area contributed by atoms with Gasteiger partial charge in [0.25, 0.3) is 5.56 Å². The summed E-state index contributed by atoms with van der Waals surface area (Å²) in [6.07, 6.45) is -2.02. The predicted octanol–water partition coefficient (Wildman–Crippen LogP) is 1.58. The smallest absolute Gasteiger partial charge is 0.482 e. The second kappa shape index (κ2) is 12.0. The average molecular weight is 644 g/mol. The molecule has 17 nitrogen and oxygen atoms in total. The molecule has 0 saturated carbocycles. The summed E-state index contributed by atoms with van der Waals surface area (Å²) in [5.41, 5.74) is -1.79. The topological polar surface area (TPSA) is 253 Å². The number of ether oxygens (including phenoxy) is 2. The molecule has 2 unspecified atom stereocenters. The van der Waals surface area contributed by atoms with Crippen LogP contribution >= 0.6 is 23.5 Å². The Morgan fingerprint density at radius 3 is 2.32 bits per heavy atom. The number of phosphoric acid groups is 3. The molecule has 1 fully saturated rings. The van der Waals surface area contributed by atoms with E-state index in [1.165, 1.54) is 6.92 Å². The van der Waals surface area contributed by atoms with Crippen LogP contribution in [-0.2, 0) is 49.3 Å². The van der Waals surface area contributed by atoms with E-state index in [0.717, 1.165) is 21.9 Å². The van der Waals surface area contributed by atoms with Crippen LogP contribution in [0.25, 0.3) is 0 Å². The van der Waals surface area contributed by atoms with Crippen molar-refractivity contribution in [2.75, 3.05) is 6.61 Å². The number of phosphoric ester groups is 1. The number of aromatic amines is 1. The number of benzene rings is 1. The molecular weight excluding hydrogens is 613 g/mol. The lowest BCUT2D eigenvalue weighted by Crippen LogP contribution is -2.42. The maximum absolute atomic E-state index is 12.7. The molecule has 2 aromatic rings. The lowest BCUT2D eigenvalue weighted by atomic mass is 9.84. The van der Waals surface area contributed by atoms with Crippen LogP contribution in [0.2, 0.25) is 0 Å². The highest BCUT2D eigenvalue weighted by Crippen LogP contribution is 2.66. The predicted molar refractivity (Wildman–Crippen MR) is 140 cm³/mol. The number of rotatable bonds is 11. The van der Waals surface area contributed by atoms with Gasteiger partial charge in [0.1, 0.15) is 18.4 Å². The molecule has 2 heterocycles. The Kier molecular flexibility index (Phi) is 9.78. The van der Waals surface area contributed by atoms with Gasteiger partial charge in [0.2, 0.25) is 5.75 Å². The minimum Gasteiger partial charge on any atom is -0.482 e. The van der Waals surface area contributed by atoms with Crippen LogP contribution in [0.4, 0.5) is 0 Å². The van der Waals surface area contributed by atoms with Gasteiger partial charge in [0.15, 0.2) is 0 Å². The Balaban J connectivity index is 1.76. The van der Waals surface area contributed by atoms with Crippen molar-refractivity contribution in [3.05, 3.63) is 62.4 Å². The van der Waals surface area contributed by atoms with Gasteiger partial charge in [-0.1, -0.05) is 45.0 Å². The van der Waals surface area contributed by atoms with Crippen molar-refractivity contribution in [1.29, 1.82) is 0 Å². The molecule has 0 spiro atoms. The average Bonchev–Trinajstić information content (AvgIpc) is 3.08. The number of nitrogens with zero attached hydrogens (tertiary/aromatic N) is 1. The summed E-state index contributed by atoms with van der Waals surface area (Å²) in [6, 6.07) is 7.46. The molecule has 20 heteroatoms. The molecular formula is C21H31N2O15P3. The van der Waals surface area contributed by atoms with Crippen molar-refractivity contribution in [2.45, 2.75) is 64.1 Å². The normalized spacial score (nSPS) is 24.5. The molecule has 1 aromatic heterocycles. The second-order valence-corrected chi connectivity index (χ2v) is 14.7. The number of H-pyrrole nitrogens is 1. The maximum atomic E-state index is 12.7. The zero-order chi connectivity index (χ0) is 31.0. The Labute approximate surface area is 233 Å². The van der Waals surface area contributed by atoms with Crippen LogP contribution in [0.3, 0.4) is 0 Å². The molecule has 0 radical (unpaired) electrons. The number of hydrogen-bond donors (Lipinski definition) is 6. The van der Waals surface area contributed by atoms with E-state index in [2.05, 4.69) is 18.1 Å². The van der Waals surface area contributed by atoms with Gasteiger partial charge in [-0.15, -0.1) is 0 Å². The standard InChI is InChI=1S/C21H31N2O15P3/c1-20(2,3)14-8-6-5-7-13(14)11-34-16-10-23(19(26)22-18(16)25)21(4)9-15(24)17(36-21)12-35-40(30,31)38-41(32,33)37-39(27,28)29/h5-8,10,15,17,24H,9,11-12H2,1-4H3,(H,30,31)(H,32,33)(H,22,25,26)(H2,27,28,29)/t15-,17+,21+/m0/s1. The van der Waals surface area contributed by atoms with E-state index in [-0.39, 0.29) is 24.2 Å². The zero-order valence-corrected chi connectivity index (χ0v) is 25.0. The minimum atomic E-state index is -5.74. The fraction of sp³-hybridized carbons (Fsp3) is 0.524. The molecule has 0 bridgehead atoms. The highest BCUT2D eigenvalue weighted by Gasteiger charge is 2.47. The highest BCUT2D eigenvalue weighted by molar-refractivity contribution is 7.66. The van der Waals surface area contributed by atoms with Gasteiger partial charge in [0, 0.05) is 6.42 Å². The highest BCUT2D eigenvalue weighted by atomic mass is 31.3. The third-order valence-electron chi connectivity index (χ3n) is 5.87. The van der Waals surface area contributed by atoms with Crippen molar-refractivity contribution in [3.8, 4) is 5.75 Å². The fourth-order valence-electron chi connectivity index (χ4n) is 4.18. The largest absolute Gasteiger partial charge is 0.490 e. The Morgan fingerprint density at radius 2 is 1.71 bits per heavy atom. The molecule has 1 saturated heterocycles. The van der Waals surface area contributed by atoms with Crippen LogP contribution in [0.5, 0.6) is 5.75 Å². The fourth-order valence-corrected chi connectivity index (χ4v) is 7.21. The van der Waals surface area contributed by atoms with Crippen LogP contribution < -0.4 is 16.0 Å². The molecule has 5 atom stereocenters. The number of aliphatic hydroxyl groups excluding tert-OH is 1. The lowest BCUT2D eigenvalue weighted by Gasteiger charge is -2.27. The quantitative estimate of drug-likeness (QED) is 0.190. The van der Waals surface area contributed by atoms with E-state index in [1.807, 2.05) is 45.0 Å². The molecule has 230 valence electrons. The summed E-state index contributed by atoms with van der Waals surface area (Å²) in [5.74, 6) is -0.232. The monoisotopic (exact) mass is 644 g/mol. The van der Waals surface area contributed by atoms with Gasteiger partial charge >= 0.3 is 29.2 Å². The van der Waals surface area contributed by atoms with Gasteiger partial charge in [-0.25, -0.2) is 18.5 Å². The summed E-state index contributed by atoms with van der Waals surface area (Å²) < 4.78 is 58.4. The van der Waals surface area contributed by atoms with Crippen molar-refractivity contribution >= 4 is 23.5 Å². The Hall–Kier alpha value is -1.97. The summed E-state index contributed by atoms with van der Waals surface area (Å²) in [4.78, 5) is 63.4. The third kappa shape index (κ3) is 9.01. The van der Waals surface area contributed by atoms with Gasteiger partial charge < -0.3 is 34.2 Å². The summed E-state index contributed by atoms with van der Waals surface area (Å²) in [7, 11) is -16.8. The van der Waals surface area contributed by atoms with Crippen molar-refractivity contribution in [1.82, 2.24) is 9.55 Å². The molecule has 0 amide bonds. The molecule has 1 aliphatic rings. The van der Waals surface area contributed by atoms with Crippen molar-refractivity contribution < 1.29 is 61.0 Å². The van der Waals surface area contributed by atoms with Crippen LogP contribution in [0, 0.1) is 0 Å². The number of nitrogens with one attached hydrogen (secondary N) is 1. The Morgan fingerprint density at radius 1 is 1.07 bits per heavy atom. The van der Waals surface area contributed by atoms with E-state index >= 15 is 0 Å². The first-order valence-electron chi connectivity index (χ1n) is 11.8. The minimum absolute atomic E-state index is 0.00236. The van der Waals surface area contributed by atoms with E-state index in [0.29, 0.717) is 0 Å². The number of aliphatic hydroxyl groups is 1. The van der Waals surface area contributed by atoms with Crippen molar-refractivity contribution in [3.63, 3.8) is 0 Å². The molecule has 41 heavy (non-hydrogen) atoms. The second-order valence-electron chi connectivity index (χ2n) is 10.3. The van der Waals surface area contributed by atoms with Gasteiger partial charge in [0.05, 0.1) is 18.9 Å². The molecule has 0 aliphatic carbocycles. The zero-order valence-electron chi connectivity index (χ0n) is 22.3.